The van der Waals surface area contributed by atoms with Crippen LogP contribution in [0.3, 0.4) is 0 Å². The van der Waals surface area contributed by atoms with Crippen molar-refractivity contribution in [3.05, 3.63) is 34.9 Å². The zero-order valence-electron chi connectivity index (χ0n) is 10.3. The van der Waals surface area contributed by atoms with Crippen molar-refractivity contribution in [2.75, 3.05) is 0 Å². The van der Waals surface area contributed by atoms with E-state index in [-0.39, 0.29) is 0 Å². The van der Waals surface area contributed by atoms with Gasteiger partial charge >= 0.3 is 0 Å². The van der Waals surface area contributed by atoms with Gasteiger partial charge in [0.2, 0.25) is 0 Å². The molecule has 0 spiro atoms. The van der Waals surface area contributed by atoms with Gasteiger partial charge in [-0.1, -0.05) is 60.5 Å². The van der Waals surface area contributed by atoms with E-state index in [1.807, 2.05) is 0 Å². The normalized spacial score (nSPS) is 15.4. The molecule has 0 nitrogen and oxygen atoms in total. The monoisotopic (exact) mass is 268 g/mol. The summed E-state index contributed by atoms with van der Waals surface area (Å²) in [6, 6.07) is 6.75. The van der Waals surface area contributed by atoms with Gasteiger partial charge in [0.05, 0.1) is 0 Å². The van der Waals surface area contributed by atoms with Crippen LogP contribution in [0.15, 0.2) is 18.2 Å². The van der Waals surface area contributed by atoms with E-state index in [1.54, 1.807) is 0 Å². The summed E-state index contributed by atoms with van der Waals surface area (Å²) in [4.78, 5) is 0.555. The number of hydrogen-bond acceptors (Lipinski definition) is 0. The maximum Gasteiger partial charge on any atom is 0.0234 e. The quantitative estimate of drug-likeness (QED) is 0.690. The first kappa shape index (κ1) is 12.8. The molecule has 0 saturated heterocycles. The van der Waals surface area contributed by atoms with Crippen LogP contribution in [0.4, 0.5) is 0 Å². The van der Waals surface area contributed by atoms with Crippen LogP contribution in [0.5, 0.6) is 0 Å². The van der Waals surface area contributed by atoms with Gasteiger partial charge in [-0.25, -0.2) is 0 Å². The molecule has 0 N–H and O–H groups in total. The summed E-state index contributed by atoms with van der Waals surface area (Å²) in [5, 5.41) is 0. The van der Waals surface area contributed by atoms with Crippen LogP contribution in [0, 0.1) is 19.8 Å². The fourth-order valence-corrected chi connectivity index (χ4v) is 2.37. The van der Waals surface area contributed by atoms with E-state index in [0.29, 0.717) is 16.7 Å². The van der Waals surface area contributed by atoms with Crippen LogP contribution in [-0.2, 0) is 0 Å². The summed E-state index contributed by atoms with van der Waals surface area (Å²) in [5.41, 5.74) is 4.22. The molecule has 1 heteroatoms. The Labute approximate surface area is 102 Å². The third kappa shape index (κ3) is 3.07. The van der Waals surface area contributed by atoms with Crippen molar-refractivity contribution in [1.29, 1.82) is 0 Å². The number of aryl methyl sites for hydroxylation is 2. The van der Waals surface area contributed by atoms with Crippen LogP contribution in [0.25, 0.3) is 0 Å². The zero-order chi connectivity index (χ0) is 11.6. The molecule has 2 unspecified atom stereocenters. The summed E-state index contributed by atoms with van der Waals surface area (Å²) in [5.74, 6) is 1.24. The lowest BCUT2D eigenvalue weighted by Crippen LogP contribution is -2.16. The molecule has 0 heterocycles. The van der Waals surface area contributed by atoms with E-state index >= 15 is 0 Å². The molecule has 0 aliphatic heterocycles. The molecule has 0 aliphatic carbocycles. The molecule has 0 fully saturated rings. The fourth-order valence-electron chi connectivity index (χ4n) is 2.09. The van der Waals surface area contributed by atoms with E-state index in [2.05, 4.69) is 68.7 Å². The van der Waals surface area contributed by atoms with Crippen molar-refractivity contribution in [3.63, 3.8) is 0 Å². The molecule has 1 aromatic carbocycles. The molecule has 84 valence electrons. The number of rotatable bonds is 3. The molecule has 0 aliphatic rings. The highest BCUT2D eigenvalue weighted by atomic mass is 79.9. The van der Waals surface area contributed by atoms with E-state index in [4.69, 9.17) is 0 Å². The van der Waals surface area contributed by atoms with E-state index in [9.17, 15) is 0 Å². The minimum Gasteiger partial charge on any atom is -0.0881 e. The Kier molecular flexibility index (Phi) is 4.39. The van der Waals surface area contributed by atoms with E-state index in [1.165, 1.54) is 16.7 Å². The Morgan fingerprint density at radius 1 is 1.07 bits per heavy atom. The van der Waals surface area contributed by atoms with Gasteiger partial charge in [-0.15, -0.1) is 0 Å². The summed E-state index contributed by atoms with van der Waals surface area (Å²) in [6.07, 6.45) is 0. The summed E-state index contributed by atoms with van der Waals surface area (Å²) in [7, 11) is 0. The molecule has 15 heavy (non-hydrogen) atoms. The zero-order valence-corrected chi connectivity index (χ0v) is 11.9. The molecule has 0 aromatic heterocycles. The lowest BCUT2D eigenvalue weighted by atomic mass is 9.88. The maximum absolute atomic E-state index is 3.80. The van der Waals surface area contributed by atoms with Gasteiger partial charge in [-0.2, -0.15) is 0 Å². The molecule has 0 saturated carbocycles. The number of benzene rings is 1. The Morgan fingerprint density at radius 3 is 2.13 bits per heavy atom. The lowest BCUT2D eigenvalue weighted by Gasteiger charge is -2.23. The van der Waals surface area contributed by atoms with Crippen molar-refractivity contribution >= 4 is 15.9 Å². The van der Waals surface area contributed by atoms with Gasteiger partial charge in [-0.3, -0.25) is 0 Å². The predicted molar refractivity (Wildman–Crippen MR) is 71.9 cm³/mol. The topological polar surface area (TPSA) is 0 Å². The Hall–Kier alpha value is -0.300. The van der Waals surface area contributed by atoms with Gasteiger partial charge in [0.25, 0.3) is 0 Å². The molecule has 0 radical (unpaired) electrons. The van der Waals surface area contributed by atoms with Crippen LogP contribution < -0.4 is 0 Å². The van der Waals surface area contributed by atoms with Gasteiger partial charge in [0.1, 0.15) is 0 Å². The number of alkyl halides is 1. The second kappa shape index (κ2) is 5.16. The molecular weight excluding hydrogens is 248 g/mol. The third-order valence-corrected chi connectivity index (χ3v) is 4.88. The van der Waals surface area contributed by atoms with Crippen molar-refractivity contribution < 1.29 is 0 Å². The Morgan fingerprint density at radius 2 is 1.67 bits per heavy atom. The summed E-state index contributed by atoms with van der Waals surface area (Å²) < 4.78 is 0. The average Bonchev–Trinajstić information content (AvgIpc) is 2.15. The molecular formula is C14H21Br. The maximum atomic E-state index is 3.80. The lowest BCUT2D eigenvalue weighted by molar-refractivity contribution is 0.548. The van der Waals surface area contributed by atoms with Gasteiger partial charge in [0.15, 0.2) is 0 Å². The second-order valence-corrected chi connectivity index (χ2v) is 5.89. The molecule has 2 atom stereocenters. The van der Waals surface area contributed by atoms with Crippen molar-refractivity contribution in [3.8, 4) is 0 Å². The highest BCUT2D eigenvalue weighted by Gasteiger charge is 2.20. The van der Waals surface area contributed by atoms with Crippen molar-refractivity contribution in [2.45, 2.75) is 45.4 Å². The van der Waals surface area contributed by atoms with E-state index < -0.39 is 0 Å². The minimum atomic E-state index is 0.555. The average molecular weight is 269 g/mol. The fraction of sp³-hybridized carbons (Fsp3) is 0.571. The van der Waals surface area contributed by atoms with E-state index in [0.717, 1.165) is 0 Å². The van der Waals surface area contributed by atoms with Gasteiger partial charge in [-0.05, 0) is 36.8 Å². The third-order valence-electron chi connectivity index (χ3n) is 3.03. The predicted octanol–water partition coefficient (Wildman–Crippen LogP) is 4.83. The number of hydrogen-bond donors (Lipinski definition) is 0. The first-order valence-corrected chi connectivity index (χ1v) is 6.56. The molecule has 1 aromatic rings. The van der Waals surface area contributed by atoms with Gasteiger partial charge < -0.3 is 0 Å². The molecule has 1 rings (SSSR count). The van der Waals surface area contributed by atoms with Crippen molar-refractivity contribution in [2.24, 2.45) is 5.92 Å². The second-order valence-electron chi connectivity index (χ2n) is 4.84. The largest absolute Gasteiger partial charge is 0.0881 e. The Balaban J connectivity index is 2.96. The van der Waals surface area contributed by atoms with Crippen LogP contribution in [0.2, 0.25) is 0 Å². The first-order valence-electron chi connectivity index (χ1n) is 5.64. The molecule has 0 amide bonds. The minimum absolute atomic E-state index is 0.555. The van der Waals surface area contributed by atoms with Crippen molar-refractivity contribution in [1.82, 2.24) is 0 Å². The number of halogens is 1. The summed E-state index contributed by atoms with van der Waals surface area (Å²) >= 11 is 3.80. The van der Waals surface area contributed by atoms with Crippen LogP contribution in [0.1, 0.15) is 43.4 Å². The Bertz CT molecular complexity index is 328. The molecule has 0 bridgehead atoms. The highest BCUT2D eigenvalue weighted by Crippen LogP contribution is 2.31. The smallest absolute Gasteiger partial charge is 0.0234 e. The SMILES string of the molecule is Cc1ccc(C(C)C(Br)C(C)C)c(C)c1. The summed E-state index contributed by atoms with van der Waals surface area (Å²) in [6.45, 7) is 11.2. The highest BCUT2D eigenvalue weighted by molar-refractivity contribution is 9.09. The van der Waals surface area contributed by atoms with Gasteiger partial charge in [0, 0.05) is 4.83 Å². The van der Waals surface area contributed by atoms with Crippen LogP contribution >= 0.6 is 15.9 Å². The van der Waals surface area contributed by atoms with Crippen LogP contribution in [-0.4, -0.2) is 4.83 Å². The standard InChI is InChI=1S/C14H21Br/c1-9(2)14(15)12(5)13-7-6-10(3)8-11(13)4/h6-9,12,14H,1-5H3. The first-order chi connectivity index (χ1) is 6.93.